The van der Waals surface area contributed by atoms with Crippen LogP contribution >= 0.6 is 11.3 Å². The molecule has 1 N–H and O–H groups in total. The molecule has 0 radical (unpaired) electrons. The van der Waals surface area contributed by atoms with Gasteiger partial charge in [-0.15, -0.1) is 11.3 Å². The highest BCUT2D eigenvalue weighted by Crippen LogP contribution is 2.18. The summed E-state index contributed by atoms with van der Waals surface area (Å²) in [5, 5.41) is 8.87. The highest BCUT2D eigenvalue weighted by molar-refractivity contribution is 7.16. The van der Waals surface area contributed by atoms with Crippen LogP contribution in [0, 0.1) is 0 Å². The molecule has 24 heavy (non-hydrogen) atoms. The van der Waals surface area contributed by atoms with Gasteiger partial charge in [0, 0.05) is 23.5 Å². The minimum Gasteiger partial charge on any atom is -0.477 e. The summed E-state index contributed by atoms with van der Waals surface area (Å²) < 4.78 is 0. The number of ketones is 1. The summed E-state index contributed by atoms with van der Waals surface area (Å²) in [6, 6.07) is 12.5. The molecule has 3 rings (SSSR count). The van der Waals surface area contributed by atoms with Crippen molar-refractivity contribution in [3.8, 4) is 11.4 Å². The Morgan fingerprint density at radius 3 is 2.25 bits per heavy atom. The van der Waals surface area contributed by atoms with Crippen LogP contribution in [0.1, 0.15) is 24.9 Å². The van der Waals surface area contributed by atoms with Gasteiger partial charge in [0.1, 0.15) is 4.88 Å². The summed E-state index contributed by atoms with van der Waals surface area (Å²) in [4.78, 5) is 31.9. The number of rotatable bonds is 5. The van der Waals surface area contributed by atoms with E-state index in [1.807, 2.05) is 30.3 Å². The van der Waals surface area contributed by atoms with Crippen molar-refractivity contribution in [1.29, 1.82) is 0 Å². The Hall–Kier alpha value is -3.12. The lowest BCUT2D eigenvalue weighted by Gasteiger charge is -1.99. The highest BCUT2D eigenvalue weighted by Gasteiger charge is 2.10. The number of aromatic nitrogens is 2. The summed E-state index contributed by atoms with van der Waals surface area (Å²) in [5.74, 6) is -0.670. The first-order valence-corrected chi connectivity index (χ1v) is 7.88. The second kappa shape index (κ2) is 6.97. The highest BCUT2D eigenvalue weighted by atomic mass is 32.1. The van der Waals surface area contributed by atoms with Crippen molar-refractivity contribution in [2.24, 2.45) is 0 Å². The Balaban J connectivity index is 1.72. The number of hydrogen-bond acceptors (Lipinski definition) is 5. The van der Waals surface area contributed by atoms with Crippen LogP contribution in [0.5, 0.6) is 0 Å². The Labute approximate surface area is 142 Å². The van der Waals surface area contributed by atoms with Gasteiger partial charge in [0.2, 0.25) is 0 Å². The molecule has 0 atom stereocenters. The number of benzene rings is 1. The Morgan fingerprint density at radius 1 is 0.958 bits per heavy atom. The molecule has 0 saturated heterocycles. The van der Waals surface area contributed by atoms with Gasteiger partial charge in [0.15, 0.2) is 11.6 Å². The molecule has 1 aromatic carbocycles. The van der Waals surface area contributed by atoms with E-state index in [0.29, 0.717) is 16.3 Å². The van der Waals surface area contributed by atoms with E-state index in [1.165, 1.54) is 18.2 Å². The number of carboxylic acids is 1. The van der Waals surface area contributed by atoms with Crippen LogP contribution in [0.3, 0.4) is 0 Å². The van der Waals surface area contributed by atoms with E-state index in [9.17, 15) is 9.59 Å². The van der Waals surface area contributed by atoms with E-state index in [0.717, 1.165) is 16.9 Å². The molecule has 2 heterocycles. The van der Waals surface area contributed by atoms with Crippen molar-refractivity contribution in [3.63, 3.8) is 0 Å². The van der Waals surface area contributed by atoms with Gasteiger partial charge >= 0.3 is 5.97 Å². The van der Waals surface area contributed by atoms with E-state index in [1.54, 1.807) is 18.5 Å². The minimum atomic E-state index is -1.03. The van der Waals surface area contributed by atoms with Crippen LogP contribution in [0.25, 0.3) is 17.5 Å². The van der Waals surface area contributed by atoms with Crippen molar-refractivity contribution in [1.82, 2.24) is 9.97 Å². The van der Waals surface area contributed by atoms with Crippen molar-refractivity contribution in [3.05, 3.63) is 76.3 Å². The zero-order valence-corrected chi connectivity index (χ0v) is 13.2. The lowest BCUT2D eigenvalue weighted by atomic mass is 10.2. The van der Waals surface area contributed by atoms with Crippen LogP contribution in [0.15, 0.2) is 60.9 Å². The number of thiophene rings is 1. The first kappa shape index (κ1) is 15.8. The van der Waals surface area contributed by atoms with E-state index in [4.69, 9.17) is 5.11 Å². The number of nitrogens with zero attached hydrogens (tertiary/aromatic N) is 2. The van der Waals surface area contributed by atoms with Gasteiger partial charge in [-0.25, -0.2) is 14.8 Å². The number of aromatic carboxylic acids is 1. The van der Waals surface area contributed by atoms with Crippen molar-refractivity contribution >= 4 is 29.2 Å². The summed E-state index contributed by atoms with van der Waals surface area (Å²) >= 11 is 0.952. The van der Waals surface area contributed by atoms with Crippen LogP contribution < -0.4 is 0 Å². The molecule has 0 bridgehead atoms. The second-order valence-corrected chi connectivity index (χ2v) is 5.96. The molecule has 0 unspecified atom stereocenters. The summed E-state index contributed by atoms with van der Waals surface area (Å²) in [5.41, 5.74) is 1.61. The third kappa shape index (κ3) is 3.61. The van der Waals surface area contributed by atoms with E-state index in [-0.39, 0.29) is 10.7 Å². The van der Waals surface area contributed by atoms with Crippen molar-refractivity contribution < 1.29 is 14.7 Å². The van der Waals surface area contributed by atoms with Gasteiger partial charge < -0.3 is 5.11 Å². The maximum absolute atomic E-state index is 12.0. The average molecular weight is 336 g/mol. The molecule has 0 spiro atoms. The predicted octanol–water partition coefficient (Wildman–Crippen LogP) is 3.80. The Kier molecular flexibility index (Phi) is 4.58. The summed E-state index contributed by atoms with van der Waals surface area (Å²) in [6.45, 7) is 0. The molecule has 6 heteroatoms. The third-order valence-electron chi connectivity index (χ3n) is 3.19. The summed E-state index contributed by atoms with van der Waals surface area (Å²) in [7, 11) is 0. The fraction of sp³-hybridized carbons (Fsp3) is 0. The molecule has 5 nitrogen and oxygen atoms in total. The fourth-order valence-corrected chi connectivity index (χ4v) is 2.76. The van der Waals surface area contributed by atoms with E-state index in [2.05, 4.69) is 9.97 Å². The Morgan fingerprint density at radius 2 is 1.62 bits per heavy atom. The van der Waals surface area contributed by atoms with Crippen molar-refractivity contribution in [2.75, 3.05) is 0 Å². The van der Waals surface area contributed by atoms with Gasteiger partial charge in [-0.05, 0) is 24.3 Å². The summed E-state index contributed by atoms with van der Waals surface area (Å²) in [6.07, 6.45) is 6.27. The fourth-order valence-electron chi connectivity index (χ4n) is 2.00. The lowest BCUT2D eigenvalue weighted by molar-refractivity contribution is 0.0702. The molecular weight excluding hydrogens is 324 g/mol. The first-order chi connectivity index (χ1) is 11.6. The maximum atomic E-state index is 12.0. The number of carboxylic acid groups (broad SMARTS) is 1. The van der Waals surface area contributed by atoms with Gasteiger partial charge in [0.25, 0.3) is 0 Å². The molecule has 118 valence electrons. The maximum Gasteiger partial charge on any atom is 0.345 e. The number of carbonyl (C=O) groups is 2. The van der Waals surface area contributed by atoms with Crippen LogP contribution in [0.4, 0.5) is 0 Å². The molecule has 0 fully saturated rings. The van der Waals surface area contributed by atoms with Crippen LogP contribution in [-0.2, 0) is 0 Å². The number of hydrogen-bond donors (Lipinski definition) is 1. The molecule has 0 saturated carbocycles. The number of allylic oxidation sites excluding steroid dienone is 1. The normalized spacial score (nSPS) is 10.8. The van der Waals surface area contributed by atoms with Crippen molar-refractivity contribution in [2.45, 2.75) is 0 Å². The van der Waals surface area contributed by atoms with Crippen LogP contribution in [-0.4, -0.2) is 26.8 Å². The minimum absolute atomic E-state index is 0.141. The number of carbonyl (C=O) groups excluding carboxylic acids is 1. The van der Waals surface area contributed by atoms with Gasteiger partial charge in [-0.1, -0.05) is 30.3 Å². The molecule has 3 aromatic rings. The van der Waals surface area contributed by atoms with Gasteiger partial charge in [0.05, 0.1) is 4.88 Å². The molecule has 0 aliphatic carbocycles. The topological polar surface area (TPSA) is 80.1 Å². The standard InChI is InChI=1S/C18H12N2O3S/c21-14(15-8-9-16(24-15)18(22)23)7-6-12-10-19-17(20-11-12)13-4-2-1-3-5-13/h1-11H,(H,22,23). The third-order valence-corrected chi connectivity index (χ3v) is 4.28. The second-order valence-electron chi connectivity index (χ2n) is 4.87. The molecule has 0 aliphatic rings. The SMILES string of the molecule is O=C(O)c1ccc(C(=O)C=Cc2cnc(-c3ccccc3)nc2)s1. The smallest absolute Gasteiger partial charge is 0.345 e. The largest absolute Gasteiger partial charge is 0.477 e. The zero-order chi connectivity index (χ0) is 16.9. The van der Waals surface area contributed by atoms with E-state index >= 15 is 0 Å². The lowest BCUT2D eigenvalue weighted by Crippen LogP contribution is -1.92. The zero-order valence-electron chi connectivity index (χ0n) is 12.4. The quantitative estimate of drug-likeness (QED) is 0.566. The monoisotopic (exact) mass is 336 g/mol. The molecule has 0 aliphatic heterocycles. The first-order valence-electron chi connectivity index (χ1n) is 7.06. The van der Waals surface area contributed by atoms with E-state index < -0.39 is 5.97 Å². The average Bonchev–Trinajstić information content (AvgIpc) is 3.11. The molecule has 0 amide bonds. The predicted molar refractivity (Wildman–Crippen MR) is 92.1 cm³/mol. The Bertz CT molecular complexity index is 900. The van der Waals surface area contributed by atoms with Gasteiger partial charge in [-0.2, -0.15) is 0 Å². The molecule has 2 aromatic heterocycles. The van der Waals surface area contributed by atoms with Crippen LogP contribution in [0.2, 0.25) is 0 Å². The molecular formula is C18H12N2O3S. The van der Waals surface area contributed by atoms with Gasteiger partial charge in [-0.3, -0.25) is 4.79 Å².